The molecule has 0 aromatic rings. The molecule has 0 aliphatic carbocycles. The van der Waals surface area contributed by atoms with Crippen LogP contribution in [-0.2, 0) is 23.1 Å². The Balaban J connectivity index is 4.09. The number of ether oxygens (including phenoxy) is 1. The van der Waals surface area contributed by atoms with E-state index in [2.05, 4.69) is 9.05 Å². The SMILES string of the molecule is COP(=O)(CC(C)OC(C)=O)OC. The van der Waals surface area contributed by atoms with E-state index < -0.39 is 19.7 Å². The molecule has 0 aromatic heterocycles. The first-order chi connectivity index (χ1) is 5.93. The van der Waals surface area contributed by atoms with Gasteiger partial charge in [-0.3, -0.25) is 9.36 Å². The topological polar surface area (TPSA) is 61.8 Å². The smallest absolute Gasteiger partial charge is 0.333 e. The molecule has 5 nitrogen and oxygen atoms in total. The van der Waals surface area contributed by atoms with E-state index in [-0.39, 0.29) is 6.16 Å². The summed E-state index contributed by atoms with van der Waals surface area (Å²) in [6.07, 6.45) is -0.400. The molecule has 0 amide bonds. The van der Waals surface area contributed by atoms with Crippen molar-refractivity contribution in [1.29, 1.82) is 0 Å². The summed E-state index contributed by atoms with van der Waals surface area (Å²) in [6.45, 7) is 2.92. The molecule has 0 fully saturated rings. The number of hydrogen-bond acceptors (Lipinski definition) is 5. The fraction of sp³-hybridized carbons (Fsp3) is 0.857. The number of carbonyl (C=O) groups is 1. The third-order valence-corrected chi connectivity index (χ3v) is 3.48. The molecule has 0 aromatic carbocycles. The zero-order chi connectivity index (χ0) is 10.5. The van der Waals surface area contributed by atoms with Crippen LogP contribution in [0.4, 0.5) is 0 Å². The van der Waals surface area contributed by atoms with E-state index in [0.717, 1.165) is 0 Å². The van der Waals surface area contributed by atoms with Crippen molar-refractivity contribution in [2.75, 3.05) is 20.4 Å². The maximum atomic E-state index is 11.5. The van der Waals surface area contributed by atoms with E-state index in [0.29, 0.717) is 0 Å². The summed E-state index contributed by atoms with van der Waals surface area (Å²) in [5.41, 5.74) is 0. The minimum atomic E-state index is -3.07. The Labute approximate surface area is 77.9 Å². The van der Waals surface area contributed by atoms with Gasteiger partial charge in [-0.25, -0.2) is 0 Å². The van der Waals surface area contributed by atoms with Crippen LogP contribution >= 0.6 is 7.60 Å². The molecule has 0 aliphatic heterocycles. The lowest BCUT2D eigenvalue weighted by Gasteiger charge is -2.17. The van der Waals surface area contributed by atoms with E-state index in [1.807, 2.05) is 0 Å². The molecule has 0 heterocycles. The highest BCUT2D eigenvalue weighted by atomic mass is 31.2. The average Bonchev–Trinajstić information content (AvgIpc) is 2.02. The van der Waals surface area contributed by atoms with E-state index >= 15 is 0 Å². The van der Waals surface area contributed by atoms with Gasteiger partial charge in [0, 0.05) is 21.1 Å². The van der Waals surface area contributed by atoms with Crippen molar-refractivity contribution in [2.24, 2.45) is 0 Å². The van der Waals surface area contributed by atoms with Crippen molar-refractivity contribution >= 4 is 13.6 Å². The van der Waals surface area contributed by atoms with E-state index in [1.165, 1.54) is 21.1 Å². The number of rotatable bonds is 5. The second-order valence-corrected chi connectivity index (χ2v) is 4.90. The van der Waals surface area contributed by atoms with Gasteiger partial charge >= 0.3 is 13.6 Å². The molecule has 0 rings (SSSR count). The fourth-order valence-electron chi connectivity index (χ4n) is 0.859. The Morgan fingerprint density at radius 2 is 1.85 bits per heavy atom. The monoisotopic (exact) mass is 210 g/mol. The molecule has 1 unspecified atom stereocenters. The second kappa shape index (κ2) is 5.37. The molecule has 0 aliphatic rings. The third-order valence-electron chi connectivity index (χ3n) is 1.40. The molecular formula is C7H15O5P. The highest BCUT2D eigenvalue weighted by Gasteiger charge is 2.25. The third kappa shape index (κ3) is 5.03. The highest BCUT2D eigenvalue weighted by Crippen LogP contribution is 2.47. The zero-order valence-electron chi connectivity index (χ0n) is 8.27. The van der Waals surface area contributed by atoms with Crippen molar-refractivity contribution in [1.82, 2.24) is 0 Å². The van der Waals surface area contributed by atoms with Crippen LogP contribution in [0.2, 0.25) is 0 Å². The molecule has 1 atom stereocenters. The normalized spacial score (nSPS) is 13.8. The van der Waals surface area contributed by atoms with Gasteiger partial charge in [-0.15, -0.1) is 0 Å². The number of carbonyl (C=O) groups excluding carboxylic acids is 1. The predicted octanol–water partition coefficient (Wildman–Crippen LogP) is 1.42. The standard InChI is InChI=1S/C7H15O5P/c1-6(12-7(2)8)5-13(9,10-3)11-4/h6H,5H2,1-4H3. The molecule has 0 saturated heterocycles. The Kier molecular flexibility index (Phi) is 5.21. The molecule has 0 N–H and O–H groups in total. The van der Waals surface area contributed by atoms with Crippen molar-refractivity contribution < 1.29 is 23.1 Å². The Hall–Kier alpha value is -0.380. The summed E-state index contributed by atoms with van der Waals surface area (Å²) in [4.78, 5) is 10.5. The molecular weight excluding hydrogens is 195 g/mol. The molecule has 78 valence electrons. The van der Waals surface area contributed by atoms with Gasteiger partial charge < -0.3 is 13.8 Å². The summed E-state index contributed by atoms with van der Waals surface area (Å²) >= 11 is 0. The lowest BCUT2D eigenvalue weighted by atomic mass is 10.5. The van der Waals surface area contributed by atoms with Gasteiger partial charge in [0.05, 0.1) is 6.16 Å². The quantitative estimate of drug-likeness (QED) is 0.507. The number of esters is 1. The predicted molar refractivity (Wildman–Crippen MR) is 47.7 cm³/mol. The lowest BCUT2D eigenvalue weighted by molar-refractivity contribution is -0.144. The first-order valence-electron chi connectivity index (χ1n) is 3.81. The van der Waals surface area contributed by atoms with Gasteiger partial charge in [-0.2, -0.15) is 0 Å². The van der Waals surface area contributed by atoms with Crippen LogP contribution in [-0.4, -0.2) is 32.5 Å². The summed E-state index contributed by atoms with van der Waals surface area (Å²) in [5.74, 6) is -0.411. The van der Waals surface area contributed by atoms with Gasteiger partial charge in [0.15, 0.2) is 0 Å². The summed E-state index contributed by atoms with van der Waals surface area (Å²) in [7, 11) is -0.478. The van der Waals surface area contributed by atoms with Gasteiger partial charge in [0.25, 0.3) is 0 Å². The Bertz CT molecular complexity index is 207. The summed E-state index contributed by atoms with van der Waals surface area (Å²) in [6, 6.07) is 0. The van der Waals surface area contributed by atoms with Crippen molar-refractivity contribution in [3.8, 4) is 0 Å². The Morgan fingerprint density at radius 1 is 1.38 bits per heavy atom. The number of hydrogen-bond donors (Lipinski definition) is 0. The Morgan fingerprint density at radius 3 is 2.15 bits per heavy atom. The van der Waals surface area contributed by atoms with Gasteiger partial charge in [0.2, 0.25) is 0 Å². The fourth-order valence-corrected chi connectivity index (χ4v) is 2.01. The largest absolute Gasteiger partial charge is 0.462 e. The minimum absolute atomic E-state index is 0.0690. The van der Waals surface area contributed by atoms with Crippen LogP contribution in [0.1, 0.15) is 13.8 Å². The minimum Gasteiger partial charge on any atom is -0.462 e. The molecule has 13 heavy (non-hydrogen) atoms. The van der Waals surface area contributed by atoms with Crippen molar-refractivity contribution in [2.45, 2.75) is 20.0 Å². The first kappa shape index (κ1) is 12.6. The lowest BCUT2D eigenvalue weighted by Crippen LogP contribution is -2.17. The molecule has 0 spiro atoms. The molecule has 0 radical (unpaired) electrons. The maximum absolute atomic E-state index is 11.5. The maximum Gasteiger partial charge on any atom is 0.333 e. The van der Waals surface area contributed by atoms with Crippen molar-refractivity contribution in [3.05, 3.63) is 0 Å². The van der Waals surface area contributed by atoms with Crippen LogP contribution in [0.25, 0.3) is 0 Å². The second-order valence-electron chi connectivity index (χ2n) is 2.58. The first-order valence-corrected chi connectivity index (χ1v) is 5.54. The van der Waals surface area contributed by atoms with Gasteiger partial charge in [0.1, 0.15) is 6.10 Å². The molecule has 0 saturated carbocycles. The highest BCUT2D eigenvalue weighted by molar-refractivity contribution is 7.53. The van der Waals surface area contributed by atoms with E-state index in [4.69, 9.17) is 4.74 Å². The van der Waals surface area contributed by atoms with Crippen LogP contribution in [0.3, 0.4) is 0 Å². The zero-order valence-corrected chi connectivity index (χ0v) is 9.17. The summed E-state index contributed by atoms with van der Waals surface area (Å²) < 4.78 is 25.6. The van der Waals surface area contributed by atoms with Crippen LogP contribution < -0.4 is 0 Å². The molecule has 6 heteroatoms. The molecule has 0 bridgehead atoms. The summed E-state index contributed by atoms with van der Waals surface area (Å²) in [5, 5.41) is 0. The van der Waals surface area contributed by atoms with Crippen LogP contribution in [0, 0.1) is 0 Å². The van der Waals surface area contributed by atoms with Gasteiger partial charge in [-0.05, 0) is 6.92 Å². The van der Waals surface area contributed by atoms with Crippen molar-refractivity contribution in [3.63, 3.8) is 0 Å². The van der Waals surface area contributed by atoms with Gasteiger partial charge in [-0.1, -0.05) is 0 Å². The van der Waals surface area contributed by atoms with E-state index in [9.17, 15) is 9.36 Å². The average molecular weight is 210 g/mol. The van der Waals surface area contributed by atoms with Crippen LogP contribution in [0.15, 0.2) is 0 Å². The van der Waals surface area contributed by atoms with E-state index in [1.54, 1.807) is 6.92 Å². The van der Waals surface area contributed by atoms with Crippen LogP contribution in [0.5, 0.6) is 0 Å².